The highest BCUT2D eigenvalue weighted by Gasteiger charge is 2.23. The normalized spacial score (nSPS) is 14.1. The number of carbonyl (C=O) groups excluding carboxylic acids is 2. The molecule has 1 saturated heterocycles. The van der Waals surface area contributed by atoms with Gasteiger partial charge in [-0.25, -0.2) is 4.39 Å². The molecule has 5 nitrogen and oxygen atoms in total. The van der Waals surface area contributed by atoms with E-state index in [4.69, 9.17) is 16.3 Å². The van der Waals surface area contributed by atoms with E-state index in [0.29, 0.717) is 41.5 Å². The minimum atomic E-state index is -0.247. The van der Waals surface area contributed by atoms with Gasteiger partial charge in [0.25, 0.3) is 5.91 Å². The van der Waals surface area contributed by atoms with Gasteiger partial charge in [-0.3, -0.25) is 14.5 Å². The summed E-state index contributed by atoms with van der Waals surface area (Å²) in [5.41, 5.74) is 2.66. The Bertz CT molecular complexity index is 1160. The predicted octanol–water partition coefficient (Wildman–Crippen LogP) is 4.74. The molecule has 0 N–H and O–H groups in total. The number of amides is 1. The second-order valence-electron chi connectivity index (χ2n) is 8.36. The third-order valence-corrected chi connectivity index (χ3v) is 6.34. The molecule has 0 unspecified atom stereocenters. The number of carbonyl (C=O) groups is 2. The first-order valence-electron chi connectivity index (χ1n) is 11.2. The zero-order chi connectivity index (χ0) is 24.1. The van der Waals surface area contributed by atoms with Gasteiger partial charge < -0.3 is 9.64 Å². The Morgan fingerprint density at radius 1 is 0.971 bits per heavy atom. The Morgan fingerprint density at radius 2 is 1.65 bits per heavy atom. The third kappa shape index (κ3) is 5.82. The number of piperazine rings is 1. The highest BCUT2D eigenvalue weighted by Crippen LogP contribution is 2.29. The second-order valence-corrected chi connectivity index (χ2v) is 8.77. The summed E-state index contributed by atoms with van der Waals surface area (Å²) < 4.78 is 18.9. The lowest BCUT2D eigenvalue weighted by Gasteiger charge is -2.34. The number of nitrogens with zero attached hydrogens (tertiary/aromatic N) is 2. The summed E-state index contributed by atoms with van der Waals surface area (Å²) in [7, 11) is 0. The molecular weight excluding hydrogens is 455 g/mol. The SMILES string of the molecule is Cc1cc(OCC(=O)N2CCN(Cc3ccc(F)cc3)CC2)c(C(=O)c2ccccc2)cc1Cl. The zero-order valence-electron chi connectivity index (χ0n) is 19.0. The van der Waals surface area contributed by atoms with Gasteiger partial charge in [0.15, 0.2) is 12.4 Å². The summed E-state index contributed by atoms with van der Waals surface area (Å²) >= 11 is 6.28. The van der Waals surface area contributed by atoms with Gasteiger partial charge in [0.1, 0.15) is 11.6 Å². The molecule has 1 aliphatic heterocycles. The monoisotopic (exact) mass is 480 g/mol. The first-order valence-corrected chi connectivity index (χ1v) is 11.6. The van der Waals surface area contributed by atoms with Crippen LogP contribution in [0.5, 0.6) is 5.75 Å². The first-order chi connectivity index (χ1) is 16.4. The molecule has 0 spiro atoms. The van der Waals surface area contributed by atoms with Crippen molar-refractivity contribution < 1.29 is 18.7 Å². The van der Waals surface area contributed by atoms with E-state index in [9.17, 15) is 14.0 Å². The summed E-state index contributed by atoms with van der Waals surface area (Å²) in [6.07, 6.45) is 0. The summed E-state index contributed by atoms with van der Waals surface area (Å²) in [5, 5.41) is 0.468. The van der Waals surface area contributed by atoms with Crippen molar-refractivity contribution in [3.05, 3.63) is 99.8 Å². The number of hydrogen-bond acceptors (Lipinski definition) is 4. The van der Waals surface area contributed by atoms with Crippen LogP contribution < -0.4 is 4.74 Å². The third-order valence-electron chi connectivity index (χ3n) is 5.94. The molecule has 1 fully saturated rings. The van der Waals surface area contributed by atoms with Gasteiger partial charge in [-0.2, -0.15) is 0 Å². The maximum absolute atomic E-state index is 13.1. The lowest BCUT2D eigenvalue weighted by atomic mass is 10.0. The minimum absolute atomic E-state index is 0.132. The molecule has 0 aliphatic carbocycles. The molecule has 7 heteroatoms. The van der Waals surface area contributed by atoms with Gasteiger partial charge >= 0.3 is 0 Å². The van der Waals surface area contributed by atoms with Crippen LogP contribution in [0.1, 0.15) is 27.0 Å². The van der Waals surface area contributed by atoms with Gasteiger partial charge in [-0.15, -0.1) is 0 Å². The quantitative estimate of drug-likeness (QED) is 0.458. The predicted molar refractivity (Wildman–Crippen MR) is 130 cm³/mol. The van der Waals surface area contributed by atoms with E-state index in [0.717, 1.165) is 24.2 Å². The van der Waals surface area contributed by atoms with Crippen LogP contribution in [0.4, 0.5) is 4.39 Å². The molecule has 1 amide bonds. The average Bonchev–Trinajstić information content (AvgIpc) is 2.86. The molecular formula is C27H26ClFN2O3. The van der Waals surface area contributed by atoms with E-state index in [-0.39, 0.29) is 24.1 Å². The van der Waals surface area contributed by atoms with E-state index in [1.165, 1.54) is 12.1 Å². The smallest absolute Gasteiger partial charge is 0.260 e. The van der Waals surface area contributed by atoms with E-state index < -0.39 is 0 Å². The van der Waals surface area contributed by atoms with Crippen molar-refractivity contribution in [2.45, 2.75) is 13.5 Å². The van der Waals surface area contributed by atoms with Crippen molar-refractivity contribution in [1.29, 1.82) is 0 Å². The van der Waals surface area contributed by atoms with Crippen molar-refractivity contribution in [2.75, 3.05) is 32.8 Å². The molecule has 0 atom stereocenters. The van der Waals surface area contributed by atoms with Crippen molar-refractivity contribution in [3.63, 3.8) is 0 Å². The highest BCUT2D eigenvalue weighted by molar-refractivity contribution is 6.32. The van der Waals surface area contributed by atoms with Gasteiger partial charge in [0.2, 0.25) is 0 Å². The van der Waals surface area contributed by atoms with Crippen molar-refractivity contribution in [2.24, 2.45) is 0 Å². The largest absolute Gasteiger partial charge is 0.483 e. The fraction of sp³-hybridized carbons (Fsp3) is 0.259. The maximum atomic E-state index is 13.1. The van der Waals surface area contributed by atoms with E-state index in [2.05, 4.69) is 4.90 Å². The number of benzene rings is 3. The Labute approximate surface area is 203 Å². The van der Waals surface area contributed by atoms with Crippen LogP contribution in [0, 0.1) is 12.7 Å². The van der Waals surface area contributed by atoms with Crippen LogP contribution in [0.3, 0.4) is 0 Å². The molecule has 0 radical (unpaired) electrons. The molecule has 3 aromatic rings. The van der Waals surface area contributed by atoms with E-state index in [1.807, 2.05) is 13.0 Å². The molecule has 1 heterocycles. The molecule has 3 aromatic carbocycles. The Kier molecular flexibility index (Phi) is 7.60. The first kappa shape index (κ1) is 23.9. The number of halogens is 2. The molecule has 176 valence electrons. The molecule has 34 heavy (non-hydrogen) atoms. The number of hydrogen-bond donors (Lipinski definition) is 0. The molecule has 0 bridgehead atoms. The number of aryl methyl sites for hydroxylation is 1. The molecule has 4 rings (SSSR count). The molecule has 1 aliphatic rings. The summed E-state index contributed by atoms with van der Waals surface area (Å²) in [4.78, 5) is 29.8. The number of ketones is 1. The molecule has 0 saturated carbocycles. The Morgan fingerprint density at radius 3 is 2.32 bits per heavy atom. The van der Waals surface area contributed by atoms with Crippen LogP contribution in [0.25, 0.3) is 0 Å². The summed E-state index contributed by atoms with van der Waals surface area (Å²) in [5.74, 6) is -0.241. The van der Waals surface area contributed by atoms with Gasteiger partial charge in [0, 0.05) is 43.3 Å². The topological polar surface area (TPSA) is 49.9 Å². The maximum Gasteiger partial charge on any atom is 0.260 e. The Balaban J connectivity index is 1.36. The van der Waals surface area contributed by atoms with Crippen LogP contribution in [0.15, 0.2) is 66.7 Å². The molecule has 0 aromatic heterocycles. The highest BCUT2D eigenvalue weighted by atomic mass is 35.5. The van der Waals surface area contributed by atoms with Gasteiger partial charge in [-0.1, -0.05) is 54.1 Å². The minimum Gasteiger partial charge on any atom is -0.483 e. The van der Waals surface area contributed by atoms with Crippen molar-refractivity contribution in [1.82, 2.24) is 9.80 Å². The van der Waals surface area contributed by atoms with E-state index >= 15 is 0 Å². The fourth-order valence-corrected chi connectivity index (χ4v) is 4.09. The average molecular weight is 481 g/mol. The van der Waals surface area contributed by atoms with Crippen LogP contribution in [-0.4, -0.2) is 54.3 Å². The lowest BCUT2D eigenvalue weighted by molar-refractivity contribution is -0.135. The summed E-state index contributed by atoms with van der Waals surface area (Å²) in [6, 6.07) is 18.7. The van der Waals surface area contributed by atoms with Crippen LogP contribution in [0.2, 0.25) is 5.02 Å². The van der Waals surface area contributed by atoms with Crippen molar-refractivity contribution in [3.8, 4) is 5.75 Å². The van der Waals surface area contributed by atoms with Crippen LogP contribution in [-0.2, 0) is 11.3 Å². The lowest BCUT2D eigenvalue weighted by Crippen LogP contribution is -2.49. The van der Waals surface area contributed by atoms with E-state index in [1.54, 1.807) is 53.4 Å². The van der Waals surface area contributed by atoms with Gasteiger partial charge in [-0.05, 0) is 42.3 Å². The summed E-state index contributed by atoms with van der Waals surface area (Å²) in [6.45, 7) is 5.00. The number of ether oxygens (including phenoxy) is 1. The number of rotatable bonds is 7. The second kappa shape index (κ2) is 10.8. The van der Waals surface area contributed by atoms with Crippen LogP contribution >= 0.6 is 11.6 Å². The van der Waals surface area contributed by atoms with Crippen molar-refractivity contribution >= 4 is 23.3 Å². The zero-order valence-corrected chi connectivity index (χ0v) is 19.7. The van der Waals surface area contributed by atoms with Gasteiger partial charge in [0.05, 0.1) is 5.56 Å². The Hall–Kier alpha value is -3.22. The standard InChI is InChI=1S/C27H26ClFN2O3/c1-19-15-25(23(16-24(19)28)27(33)21-5-3-2-4-6-21)34-18-26(32)31-13-11-30(12-14-31)17-20-7-9-22(29)10-8-20/h2-10,15-16H,11-14,17-18H2,1H3. The fourth-order valence-electron chi connectivity index (χ4n) is 3.93.